The van der Waals surface area contributed by atoms with Crippen molar-refractivity contribution in [3.8, 4) is 0 Å². The lowest BCUT2D eigenvalue weighted by atomic mass is 9.97. The molecule has 0 aromatic heterocycles. The molecule has 12 rings (SSSR count). The van der Waals surface area contributed by atoms with Gasteiger partial charge in [-0.3, -0.25) is 36.8 Å². The maximum absolute atomic E-state index is 6.39. The van der Waals surface area contributed by atoms with Crippen molar-refractivity contribution in [3.05, 3.63) is 70.8 Å². The van der Waals surface area contributed by atoms with Gasteiger partial charge in [0.2, 0.25) is 0 Å². The highest BCUT2D eigenvalue weighted by Crippen LogP contribution is 2.49. The normalized spacial score (nSPS) is 23.1. The smallest absolute Gasteiger partial charge is 0.189 e. The molecule has 0 saturated carbocycles. The Morgan fingerprint density at radius 2 is 0.672 bits per heavy atom. The average Bonchev–Trinajstić information content (AvgIpc) is 3.87. The number of nitrogens with zero attached hydrogens (tertiary/aromatic N) is 8. The Morgan fingerprint density at radius 1 is 0.414 bits per heavy atom. The Kier molecular flexibility index (Phi) is 12.7. The maximum Gasteiger partial charge on any atom is 0.189 e. The van der Waals surface area contributed by atoms with Crippen LogP contribution in [0.25, 0.3) is 0 Å². The molecule has 10 aliphatic rings. The average molecular weight is 893 g/mol. The fourth-order valence-electron chi connectivity index (χ4n) is 9.72. The van der Waals surface area contributed by atoms with E-state index in [1.807, 2.05) is 0 Å². The minimum atomic E-state index is -0.380. The van der Waals surface area contributed by atoms with E-state index < -0.39 is 0 Å². The Bertz CT molecular complexity index is 1720. The van der Waals surface area contributed by atoms with Gasteiger partial charge in [0.05, 0.1) is 47.9 Å². The van der Waals surface area contributed by atoms with Gasteiger partial charge in [-0.1, -0.05) is 139 Å². The van der Waals surface area contributed by atoms with Crippen molar-refractivity contribution in [1.29, 1.82) is 0 Å². The molecule has 0 aliphatic carbocycles. The molecule has 0 radical (unpaired) electrons. The van der Waals surface area contributed by atoms with E-state index in [4.69, 9.17) is 48.9 Å². The highest BCUT2D eigenvalue weighted by molar-refractivity contribution is 8.15. The van der Waals surface area contributed by atoms with Gasteiger partial charge in [-0.2, -0.15) is 0 Å². The van der Waals surface area contributed by atoms with Crippen molar-refractivity contribution in [2.45, 2.75) is 130 Å². The quantitative estimate of drug-likeness (QED) is 0.134. The van der Waals surface area contributed by atoms with Gasteiger partial charge in [0.15, 0.2) is 30.7 Å². The van der Waals surface area contributed by atoms with Crippen LogP contribution in [0.1, 0.15) is 126 Å². The molecule has 0 amide bonds. The Hall–Kier alpha value is -2.36. The van der Waals surface area contributed by atoms with Crippen LogP contribution in [0.2, 0.25) is 0 Å². The summed E-state index contributed by atoms with van der Waals surface area (Å²) in [5, 5.41) is 6.39. The van der Waals surface area contributed by atoms with Crippen LogP contribution in [-0.4, -0.2) is 93.7 Å². The molecule has 0 atom stereocenters. The van der Waals surface area contributed by atoms with E-state index in [0.717, 1.165) is 72.8 Å². The molecule has 58 heavy (non-hydrogen) atoms. The molecule has 4 bridgehead atoms. The van der Waals surface area contributed by atoms with E-state index in [1.165, 1.54) is 122 Å². The van der Waals surface area contributed by atoms with E-state index in [1.54, 1.807) is 0 Å². The van der Waals surface area contributed by atoms with Gasteiger partial charge < -0.3 is 0 Å². The fourth-order valence-corrected chi connectivity index (χ4v) is 16.5. The first-order valence-corrected chi connectivity index (χ1v) is 26.0. The predicted molar refractivity (Wildman–Crippen MR) is 260 cm³/mol. The Balaban J connectivity index is 0.981. The molecule has 10 heterocycles. The second-order valence-corrected chi connectivity index (χ2v) is 22.3. The van der Waals surface area contributed by atoms with Crippen molar-refractivity contribution in [2.24, 2.45) is 11.8 Å². The van der Waals surface area contributed by atoms with Crippen LogP contribution < -0.4 is 0 Å². The molecular formula is C44H60N8S6. The number of unbranched alkanes of at least 4 members (excludes halogenated alkanes) is 10. The summed E-state index contributed by atoms with van der Waals surface area (Å²) in [7, 11) is -0.760. The molecule has 0 unspecified atom stereocenters. The van der Waals surface area contributed by atoms with Gasteiger partial charge in [-0.15, -0.1) is 0 Å². The lowest BCUT2D eigenvalue weighted by molar-refractivity contribution is 0.280. The molecule has 2 saturated heterocycles. The first-order chi connectivity index (χ1) is 28.3. The summed E-state index contributed by atoms with van der Waals surface area (Å²) >= 11 is 25.6. The zero-order chi connectivity index (χ0) is 39.9. The molecule has 10 aliphatic heterocycles. The lowest BCUT2D eigenvalue weighted by Gasteiger charge is -2.41. The predicted octanol–water partition coefficient (Wildman–Crippen LogP) is 10.1. The molecule has 14 heteroatoms. The SMILES string of the molecule is CCCCCCCCC1CN2C(=S)N3Cc4ccc(cc4)CN4C(=S)N5CC(CCCCCCCC)CN6C(=S)N(Cc7ccc(cc7)CN7C(=S)N(C1)C2=S37)S4=C56. The number of hydrogen-bond acceptors (Lipinski definition) is 4. The van der Waals surface area contributed by atoms with Crippen LogP contribution in [0, 0.1) is 11.8 Å². The van der Waals surface area contributed by atoms with Crippen LogP contribution in [0.3, 0.4) is 0 Å². The van der Waals surface area contributed by atoms with Crippen LogP contribution in [0.15, 0.2) is 48.5 Å². The molecule has 0 N–H and O–H groups in total. The zero-order valence-corrected chi connectivity index (χ0v) is 39.3. The second-order valence-electron chi connectivity index (χ2n) is 17.3. The third-order valence-electron chi connectivity index (χ3n) is 12.9. The summed E-state index contributed by atoms with van der Waals surface area (Å²) in [4.78, 5) is 9.81. The van der Waals surface area contributed by atoms with E-state index in [-0.39, 0.29) is 21.7 Å². The van der Waals surface area contributed by atoms with Crippen molar-refractivity contribution in [2.75, 3.05) is 26.2 Å². The number of benzene rings is 2. The van der Waals surface area contributed by atoms with Crippen LogP contribution in [0.5, 0.6) is 0 Å². The standard InChI is InChI=1S/C44H60N8S6/c1-3-5-7-9-11-13-15-37-25-45-39(53)49-29-33-17-21-35(22-18-33)31-51-41(55)47-27-38(16-14-12-10-8-6-4-2)28-48-42(56)52(58(51)44(47)48)32-36-23-19-34(20-24-36)30-50-40(54)46(26-37)43(45)57(49)50/h17-24,37-38H,3-16,25-32H2,1-2H3. The summed E-state index contributed by atoms with van der Waals surface area (Å²) in [6, 6.07) is 18.5. The summed E-state index contributed by atoms with van der Waals surface area (Å²) < 4.78 is 9.87. The third kappa shape index (κ3) is 7.85. The number of rotatable bonds is 14. The lowest BCUT2D eigenvalue weighted by Crippen LogP contribution is -2.56. The highest BCUT2D eigenvalue weighted by Gasteiger charge is 2.52. The fraction of sp³-hybridized carbons (Fsp3) is 0.591. The van der Waals surface area contributed by atoms with Crippen LogP contribution >= 0.6 is 70.6 Å². The largest absolute Gasteiger partial charge is 0.296 e. The minimum Gasteiger partial charge on any atom is -0.296 e. The van der Waals surface area contributed by atoms with Crippen LogP contribution in [0.4, 0.5) is 0 Å². The Labute approximate surface area is 374 Å². The van der Waals surface area contributed by atoms with Gasteiger partial charge in [-0.05, 0) is 95.8 Å². The van der Waals surface area contributed by atoms with E-state index in [2.05, 4.69) is 99.2 Å². The summed E-state index contributed by atoms with van der Waals surface area (Å²) in [6.07, 6.45) is 18.3. The number of hydrogen-bond donors (Lipinski definition) is 0. The first-order valence-electron chi connectivity index (χ1n) is 22.1. The molecule has 0 spiro atoms. The third-order valence-corrected chi connectivity index (χ3v) is 19.5. The van der Waals surface area contributed by atoms with Gasteiger partial charge in [0, 0.05) is 26.2 Å². The van der Waals surface area contributed by atoms with Gasteiger partial charge in [-0.25, -0.2) is 0 Å². The maximum atomic E-state index is 6.39. The van der Waals surface area contributed by atoms with Crippen LogP contribution in [-0.2, 0) is 26.2 Å². The Morgan fingerprint density at radius 3 is 0.948 bits per heavy atom. The van der Waals surface area contributed by atoms with E-state index in [9.17, 15) is 0 Å². The van der Waals surface area contributed by atoms with Crippen molar-refractivity contribution < 1.29 is 0 Å². The van der Waals surface area contributed by atoms with Gasteiger partial charge >= 0.3 is 0 Å². The van der Waals surface area contributed by atoms with Gasteiger partial charge in [0.1, 0.15) is 0 Å². The van der Waals surface area contributed by atoms with E-state index >= 15 is 0 Å². The first kappa shape index (κ1) is 41.0. The summed E-state index contributed by atoms with van der Waals surface area (Å²) in [5.41, 5.74) is 5.07. The van der Waals surface area contributed by atoms with Crippen molar-refractivity contribution >= 4 is 101 Å². The van der Waals surface area contributed by atoms with Gasteiger partial charge in [0.25, 0.3) is 0 Å². The molecule has 2 aromatic rings. The number of thiocarbonyl (C=S) groups is 4. The topological polar surface area (TPSA) is 25.9 Å². The van der Waals surface area contributed by atoms with Crippen molar-refractivity contribution in [3.63, 3.8) is 0 Å². The molecule has 312 valence electrons. The monoisotopic (exact) mass is 892 g/mol. The highest BCUT2D eigenvalue weighted by atomic mass is 32.2. The zero-order valence-electron chi connectivity index (χ0n) is 34.4. The minimum absolute atomic E-state index is 0.380. The second kappa shape index (κ2) is 17.9. The van der Waals surface area contributed by atoms with Crippen molar-refractivity contribution in [1.82, 2.24) is 36.8 Å². The summed E-state index contributed by atoms with van der Waals surface area (Å²) in [6.45, 7) is 11.6. The molecule has 8 nitrogen and oxygen atoms in total. The summed E-state index contributed by atoms with van der Waals surface area (Å²) in [5.74, 6) is 1.10. The van der Waals surface area contributed by atoms with E-state index in [0.29, 0.717) is 11.8 Å². The molecular weight excluding hydrogens is 833 g/mol. The molecule has 2 fully saturated rings. The molecule has 2 aromatic carbocycles.